The molecule has 0 spiro atoms. The summed E-state index contributed by atoms with van der Waals surface area (Å²) in [6.45, 7) is 0. The summed E-state index contributed by atoms with van der Waals surface area (Å²) >= 11 is 5.70. The third-order valence-corrected chi connectivity index (χ3v) is 4.33. The predicted octanol–water partition coefficient (Wildman–Crippen LogP) is 2.44. The van der Waals surface area contributed by atoms with Crippen LogP contribution in [0.4, 0.5) is 0 Å². The van der Waals surface area contributed by atoms with Crippen molar-refractivity contribution in [3.63, 3.8) is 0 Å². The van der Waals surface area contributed by atoms with Crippen LogP contribution in [0.3, 0.4) is 0 Å². The van der Waals surface area contributed by atoms with Gasteiger partial charge in [0.2, 0.25) is 0 Å². The molecular weight excluding hydrogens is 299 g/mol. The minimum absolute atomic E-state index is 0.0963. The van der Waals surface area contributed by atoms with Gasteiger partial charge in [0.25, 0.3) is 0 Å². The van der Waals surface area contributed by atoms with Crippen LogP contribution in [-0.2, 0) is 11.2 Å². The molecule has 0 saturated heterocycles. The summed E-state index contributed by atoms with van der Waals surface area (Å²) in [4.78, 5) is 11.9. The van der Waals surface area contributed by atoms with E-state index in [1.807, 2.05) is 54.6 Å². The van der Waals surface area contributed by atoms with Crippen LogP contribution in [0.1, 0.15) is 5.56 Å². The molecule has 0 aromatic heterocycles. The van der Waals surface area contributed by atoms with Crippen molar-refractivity contribution in [2.24, 2.45) is 0 Å². The molecule has 1 nitrogen and oxygen atoms in total. The molecule has 0 aliphatic rings. The van der Waals surface area contributed by atoms with Gasteiger partial charge in [0.15, 0.2) is 0 Å². The van der Waals surface area contributed by atoms with E-state index in [1.165, 1.54) is 0 Å². The summed E-state index contributed by atoms with van der Waals surface area (Å²) in [6.07, 6.45) is 0.492. The van der Waals surface area contributed by atoms with Gasteiger partial charge in [-0.1, -0.05) is 0 Å². The van der Waals surface area contributed by atoms with Crippen molar-refractivity contribution in [3.8, 4) is 0 Å². The first kappa shape index (κ1) is 12.4. The molecule has 86 valence electrons. The molecule has 0 radical (unpaired) electrons. The van der Waals surface area contributed by atoms with E-state index in [0.29, 0.717) is 11.4 Å². The van der Waals surface area contributed by atoms with Gasteiger partial charge in [-0.25, -0.2) is 0 Å². The maximum atomic E-state index is 11.9. The summed E-state index contributed by atoms with van der Waals surface area (Å²) in [6, 6.07) is 17.3. The molecule has 0 fully saturated rings. The zero-order valence-electron chi connectivity index (χ0n) is 9.10. The monoisotopic (exact) mass is 310 g/mol. The van der Waals surface area contributed by atoms with Crippen LogP contribution in [0.2, 0.25) is 5.02 Å². The van der Waals surface area contributed by atoms with Crippen LogP contribution in [0.15, 0.2) is 54.6 Å². The number of benzene rings is 2. The van der Waals surface area contributed by atoms with E-state index in [9.17, 15) is 4.79 Å². The van der Waals surface area contributed by atoms with Gasteiger partial charge in [-0.05, 0) is 0 Å². The Morgan fingerprint density at radius 2 is 1.65 bits per heavy atom. The van der Waals surface area contributed by atoms with Crippen molar-refractivity contribution in [2.45, 2.75) is 6.42 Å². The molecule has 0 N–H and O–H groups in total. The van der Waals surface area contributed by atoms with Crippen molar-refractivity contribution in [1.82, 2.24) is 0 Å². The Bertz CT molecular complexity index is 493. The molecule has 3 heteroatoms. The van der Waals surface area contributed by atoms with Crippen LogP contribution in [0, 0.1) is 0 Å². The summed E-state index contributed by atoms with van der Waals surface area (Å²) < 4.78 is 1.41. The molecule has 0 heterocycles. The second kappa shape index (κ2) is 6.02. The van der Waals surface area contributed by atoms with E-state index in [1.54, 1.807) is 0 Å². The fraction of sp³-hybridized carbons (Fsp3) is 0.0714. The second-order valence-electron chi connectivity index (χ2n) is 3.59. The summed E-state index contributed by atoms with van der Waals surface area (Å²) in [7, 11) is 0. The number of hydrogen-bond donors (Lipinski definition) is 0. The Balaban J connectivity index is 1.96. The van der Waals surface area contributed by atoms with E-state index < -0.39 is 0 Å². The first-order valence-corrected chi connectivity index (χ1v) is 7.33. The Morgan fingerprint density at radius 1 is 1.00 bits per heavy atom. The molecule has 0 bridgehead atoms. The van der Waals surface area contributed by atoms with Gasteiger partial charge >= 0.3 is 112 Å². The summed E-state index contributed by atoms with van der Waals surface area (Å²) in [5.74, 6) is 0. The molecule has 0 saturated carbocycles. The summed E-state index contributed by atoms with van der Waals surface area (Å²) in [5.41, 5.74) is 1.03. The first-order valence-electron chi connectivity index (χ1n) is 5.24. The van der Waals surface area contributed by atoms with E-state index in [-0.39, 0.29) is 19.6 Å². The van der Waals surface area contributed by atoms with Gasteiger partial charge in [0.1, 0.15) is 0 Å². The third kappa shape index (κ3) is 4.01. The molecule has 0 unspecified atom stereocenters. The van der Waals surface area contributed by atoms with Gasteiger partial charge in [-0.15, -0.1) is 0 Å². The molecule has 0 amide bonds. The van der Waals surface area contributed by atoms with Gasteiger partial charge in [-0.3, -0.25) is 0 Å². The van der Waals surface area contributed by atoms with Gasteiger partial charge in [-0.2, -0.15) is 0 Å². The van der Waals surface area contributed by atoms with Gasteiger partial charge in [0, 0.05) is 0 Å². The van der Waals surface area contributed by atoms with Crippen LogP contribution in [0.25, 0.3) is 0 Å². The van der Waals surface area contributed by atoms with E-state index in [0.717, 1.165) is 10.0 Å². The maximum absolute atomic E-state index is 11.9. The number of carbonyl (C=O) groups is 1. The van der Waals surface area contributed by atoms with Gasteiger partial charge in [0.05, 0.1) is 0 Å². The van der Waals surface area contributed by atoms with Crippen molar-refractivity contribution in [3.05, 3.63) is 65.2 Å². The fourth-order valence-electron chi connectivity index (χ4n) is 1.42. The van der Waals surface area contributed by atoms with Crippen LogP contribution >= 0.6 is 11.6 Å². The molecule has 0 aliphatic carbocycles. The number of hydrogen-bond acceptors (Lipinski definition) is 1. The molecule has 17 heavy (non-hydrogen) atoms. The first-order chi connectivity index (χ1) is 8.24. The molecule has 2 rings (SSSR count). The quantitative estimate of drug-likeness (QED) is 0.793. The fourth-order valence-corrected chi connectivity index (χ4v) is 3.22. The van der Waals surface area contributed by atoms with Crippen LogP contribution in [-0.4, -0.2) is 19.6 Å². The van der Waals surface area contributed by atoms with Crippen molar-refractivity contribution in [2.75, 3.05) is 0 Å². The Hall–Kier alpha value is -1.08. The normalized spacial score (nSPS) is 10.2. The molecule has 2 aromatic carbocycles. The number of halogens is 1. The number of rotatable bonds is 4. The van der Waals surface area contributed by atoms with Gasteiger partial charge < -0.3 is 0 Å². The average molecular weight is 310 g/mol. The topological polar surface area (TPSA) is 17.1 Å². The van der Waals surface area contributed by atoms with Crippen LogP contribution < -0.4 is 4.46 Å². The standard InChI is InChI=1S/C14H11ClOSe/c15-12-8-6-11(7-9-12)10-14(16)17-13-4-2-1-3-5-13/h1-9H,10H2. The second-order valence-corrected chi connectivity index (χ2v) is 6.40. The SMILES string of the molecule is O=C(Cc1ccc(Cl)cc1)[Se]c1ccccc1. The Kier molecular flexibility index (Phi) is 4.38. The van der Waals surface area contributed by atoms with E-state index >= 15 is 0 Å². The van der Waals surface area contributed by atoms with E-state index in [2.05, 4.69) is 0 Å². The molecule has 0 aliphatic heterocycles. The van der Waals surface area contributed by atoms with E-state index in [4.69, 9.17) is 11.6 Å². The zero-order chi connectivity index (χ0) is 12.1. The predicted molar refractivity (Wildman–Crippen MR) is 72.0 cm³/mol. The Labute approximate surface area is 112 Å². The molecule has 0 atom stereocenters. The molecule has 2 aromatic rings. The van der Waals surface area contributed by atoms with Crippen molar-refractivity contribution >= 4 is 35.7 Å². The average Bonchev–Trinajstić information content (AvgIpc) is 2.33. The number of carbonyl (C=O) groups excluding carboxylic acids is 1. The Morgan fingerprint density at radius 3 is 2.29 bits per heavy atom. The zero-order valence-corrected chi connectivity index (χ0v) is 11.6. The summed E-state index contributed by atoms with van der Waals surface area (Å²) in [5, 5.41) is 0.703. The third-order valence-electron chi connectivity index (χ3n) is 2.24. The molecular formula is C14H11ClOSe. The van der Waals surface area contributed by atoms with Crippen molar-refractivity contribution < 1.29 is 4.79 Å². The van der Waals surface area contributed by atoms with Crippen LogP contribution in [0.5, 0.6) is 0 Å². The minimum atomic E-state index is -0.0963. The van der Waals surface area contributed by atoms with Crippen molar-refractivity contribution in [1.29, 1.82) is 0 Å².